The summed E-state index contributed by atoms with van der Waals surface area (Å²) in [6.07, 6.45) is 1.72. The lowest BCUT2D eigenvalue weighted by atomic mass is 10.3. The molecule has 1 aliphatic carbocycles. The molecular formula is C10H11BrClN3O3S. The molecule has 0 radical (unpaired) electrons. The molecule has 104 valence electrons. The van der Waals surface area contributed by atoms with E-state index in [0.717, 1.165) is 12.8 Å². The summed E-state index contributed by atoms with van der Waals surface area (Å²) in [6.45, 7) is 0. The first-order valence-corrected chi connectivity index (χ1v) is 8.03. The van der Waals surface area contributed by atoms with Crippen LogP contribution in [0.25, 0.3) is 0 Å². The SMILES string of the molecule is Nc1cc(Cl)cc(S(=O)(=O)NC(=O)NC2CC2)c1Br. The zero-order chi connectivity index (χ0) is 14.2. The van der Waals surface area contributed by atoms with Gasteiger partial charge in [-0.1, -0.05) is 11.6 Å². The predicted octanol–water partition coefficient (Wildman–Crippen LogP) is 1.83. The summed E-state index contributed by atoms with van der Waals surface area (Å²) in [5.41, 5.74) is 5.79. The number of hydrogen-bond acceptors (Lipinski definition) is 4. The van der Waals surface area contributed by atoms with Gasteiger partial charge in [-0.05, 0) is 40.9 Å². The first-order chi connectivity index (χ1) is 8.79. The van der Waals surface area contributed by atoms with Gasteiger partial charge in [0.25, 0.3) is 10.0 Å². The summed E-state index contributed by atoms with van der Waals surface area (Å²) < 4.78 is 26.2. The van der Waals surface area contributed by atoms with Gasteiger partial charge in [-0.3, -0.25) is 0 Å². The van der Waals surface area contributed by atoms with Gasteiger partial charge in [0.15, 0.2) is 0 Å². The lowest BCUT2D eigenvalue weighted by Crippen LogP contribution is -2.40. The molecule has 1 aromatic carbocycles. The van der Waals surface area contributed by atoms with Crippen molar-refractivity contribution in [3.05, 3.63) is 21.6 Å². The first kappa shape index (κ1) is 14.4. The third-order valence-corrected chi connectivity index (χ3v) is 5.18. The Kier molecular flexibility index (Phi) is 3.93. The van der Waals surface area contributed by atoms with Crippen LogP contribution in [-0.4, -0.2) is 20.5 Å². The molecule has 0 aliphatic heterocycles. The van der Waals surface area contributed by atoms with Gasteiger partial charge < -0.3 is 11.1 Å². The molecule has 1 saturated carbocycles. The fraction of sp³-hybridized carbons (Fsp3) is 0.300. The Morgan fingerprint density at radius 2 is 2.05 bits per heavy atom. The fourth-order valence-corrected chi connectivity index (χ4v) is 3.61. The number of halogens is 2. The molecule has 4 N–H and O–H groups in total. The number of nitrogen functional groups attached to an aromatic ring is 1. The monoisotopic (exact) mass is 367 g/mol. The number of rotatable bonds is 3. The summed E-state index contributed by atoms with van der Waals surface area (Å²) in [5, 5.41) is 2.69. The Hall–Kier alpha value is -0.990. The van der Waals surface area contributed by atoms with Crippen LogP contribution in [-0.2, 0) is 10.0 Å². The van der Waals surface area contributed by atoms with Crippen molar-refractivity contribution in [1.29, 1.82) is 0 Å². The van der Waals surface area contributed by atoms with Gasteiger partial charge in [-0.2, -0.15) is 0 Å². The number of benzene rings is 1. The van der Waals surface area contributed by atoms with E-state index in [4.69, 9.17) is 17.3 Å². The predicted molar refractivity (Wildman–Crippen MR) is 75.4 cm³/mol. The van der Waals surface area contributed by atoms with E-state index in [1.165, 1.54) is 12.1 Å². The van der Waals surface area contributed by atoms with E-state index >= 15 is 0 Å². The number of nitrogens with two attached hydrogens (primary N) is 1. The van der Waals surface area contributed by atoms with E-state index in [2.05, 4.69) is 21.2 Å². The van der Waals surface area contributed by atoms with E-state index < -0.39 is 16.1 Å². The van der Waals surface area contributed by atoms with Crippen LogP contribution in [0.15, 0.2) is 21.5 Å². The second-order valence-electron chi connectivity index (χ2n) is 4.16. The number of nitrogens with one attached hydrogen (secondary N) is 2. The van der Waals surface area contributed by atoms with Gasteiger partial charge in [0.2, 0.25) is 0 Å². The summed E-state index contributed by atoms with van der Waals surface area (Å²) >= 11 is 8.83. The van der Waals surface area contributed by atoms with Crippen molar-refractivity contribution in [2.45, 2.75) is 23.8 Å². The topological polar surface area (TPSA) is 101 Å². The van der Waals surface area contributed by atoms with Crippen molar-refractivity contribution in [1.82, 2.24) is 10.0 Å². The lowest BCUT2D eigenvalue weighted by Gasteiger charge is -2.11. The second-order valence-corrected chi connectivity index (χ2v) is 7.04. The number of carbonyl (C=O) groups excluding carboxylic acids is 1. The maximum atomic E-state index is 12.1. The Morgan fingerprint density at radius 3 is 2.63 bits per heavy atom. The lowest BCUT2D eigenvalue weighted by molar-refractivity contribution is 0.245. The molecule has 6 nitrogen and oxygen atoms in total. The van der Waals surface area contributed by atoms with Crippen LogP contribution in [0.5, 0.6) is 0 Å². The minimum Gasteiger partial charge on any atom is -0.398 e. The molecule has 2 rings (SSSR count). The number of urea groups is 1. The summed E-state index contributed by atoms with van der Waals surface area (Å²) in [7, 11) is -4.03. The smallest absolute Gasteiger partial charge is 0.328 e. The highest BCUT2D eigenvalue weighted by Crippen LogP contribution is 2.31. The molecule has 1 aromatic rings. The van der Waals surface area contributed by atoms with Crippen LogP contribution < -0.4 is 15.8 Å². The van der Waals surface area contributed by atoms with E-state index in [9.17, 15) is 13.2 Å². The summed E-state index contributed by atoms with van der Waals surface area (Å²) in [4.78, 5) is 11.3. The maximum absolute atomic E-state index is 12.1. The average molecular weight is 369 g/mol. The number of sulfonamides is 1. The van der Waals surface area contributed by atoms with Crippen LogP contribution in [0.1, 0.15) is 12.8 Å². The Morgan fingerprint density at radius 1 is 1.42 bits per heavy atom. The highest BCUT2D eigenvalue weighted by Gasteiger charge is 2.27. The zero-order valence-corrected chi connectivity index (χ0v) is 12.8. The summed E-state index contributed by atoms with van der Waals surface area (Å²) in [6, 6.07) is 1.93. The first-order valence-electron chi connectivity index (χ1n) is 5.37. The van der Waals surface area contributed by atoms with E-state index in [1.54, 1.807) is 0 Å². The molecule has 0 spiro atoms. The highest BCUT2D eigenvalue weighted by atomic mass is 79.9. The molecule has 0 bridgehead atoms. The molecule has 1 fully saturated rings. The molecule has 0 atom stereocenters. The number of carbonyl (C=O) groups is 1. The quantitative estimate of drug-likeness (QED) is 0.708. The van der Waals surface area contributed by atoms with Gasteiger partial charge in [-0.15, -0.1) is 0 Å². The van der Waals surface area contributed by atoms with Crippen LogP contribution in [0, 0.1) is 0 Å². The highest BCUT2D eigenvalue weighted by molar-refractivity contribution is 9.10. The minimum absolute atomic E-state index is 0.0584. The van der Waals surface area contributed by atoms with E-state index in [0.29, 0.717) is 0 Å². The van der Waals surface area contributed by atoms with Crippen molar-refractivity contribution >= 4 is 49.3 Å². The number of amides is 2. The maximum Gasteiger partial charge on any atom is 0.328 e. The second kappa shape index (κ2) is 5.18. The van der Waals surface area contributed by atoms with Crippen molar-refractivity contribution in [2.24, 2.45) is 0 Å². The van der Waals surface area contributed by atoms with Crippen LogP contribution in [0.3, 0.4) is 0 Å². The van der Waals surface area contributed by atoms with Crippen molar-refractivity contribution < 1.29 is 13.2 Å². The fourth-order valence-electron chi connectivity index (χ4n) is 1.40. The van der Waals surface area contributed by atoms with Crippen molar-refractivity contribution in [3.8, 4) is 0 Å². The van der Waals surface area contributed by atoms with Crippen LogP contribution in [0.4, 0.5) is 10.5 Å². The Labute approximate surface area is 123 Å². The van der Waals surface area contributed by atoms with Crippen molar-refractivity contribution in [2.75, 3.05) is 5.73 Å². The zero-order valence-electron chi connectivity index (χ0n) is 9.61. The van der Waals surface area contributed by atoms with Gasteiger partial charge in [0.05, 0.1) is 4.47 Å². The van der Waals surface area contributed by atoms with E-state index in [-0.39, 0.29) is 26.1 Å². The molecule has 0 unspecified atom stereocenters. The standard InChI is InChI=1S/C10H11BrClN3O3S/c11-9-7(13)3-5(12)4-8(9)19(17,18)15-10(16)14-6-1-2-6/h3-4,6H,1-2,13H2,(H2,14,15,16). The van der Waals surface area contributed by atoms with Gasteiger partial charge in [0, 0.05) is 16.8 Å². The minimum atomic E-state index is -4.03. The molecular weight excluding hydrogens is 358 g/mol. The Balaban J connectivity index is 2.25. The largest absolute Gasteiger partial charge is 0.398 e. The van der Waals surface area contributed by atoms with Gasteiger partial charge in [-0.25, -0.2) is 17.9 Å². The van der Waals surface area contributed by atoms with E-state index in [1.807, 2.05) is 4.72 Å². The van der Waals surface area contributed by atoms with Crippen LogP contribution >= 0.6 is 27.5 Å². The molecule has 1 aliphatic rings. The number of anilines is 1. The molecule has 19 heavy (non-hydrogen) atoms. The summed E-state index contributed by atoms with van der Waals surface area (Å²) in [5.74, 6) is 0. The Bertz CT molecular complexity index is 631. The van der Waals surface area contributed by atoms with Crippen molar-refractivity contribution in [3.63, 3.8) is 0 Å². The van der Waals surface area contributed by atoms with Gasteiger partial charge >= 0.3 is 6.03 Å². The molecule has 0 aromatic heterocycles. The van der Waals surface area contributed by atoms with Gasteiger partial charge in [0.1, 0.15) is 4.90 Å². The molecule has 0 heterocycles. The molecule has 2 amide bonds. The third kappa shape index (κ3) is 3.52. The number of hydrogen-bond donors (Lipinski definition) is 3. The normalized spacial score (nSPS) is 15.1. The molecule has 0 saturated heterocycles. The third-order valence-electron chi connectivity index (χ3n) is 2.46. The average Bonchev–Trinajstić information content (AvgIpc) is 3.05. The molecule has 9 heteroatoms. The van der Waals surface area contributed by atoms with Crippen LogP contribution in [0.2, 0.25) is 5.02 Å².